The molecule has 0 unspecified atom stereocenters. The van der Waals surface area contributed by atoms with E-state index in [9.17, 15) is 4.79 Å². The van der Waals surface area contributed by atoms with Gasteiger partial charge >= 0.3 is 6.09 Å². The highest BCUT2D eigenvalue weighted by atomic mass is 127. The number of halogens is 1. The second-order valence-corrected chi connectivity index (χ2v) is 4.25. The summed E-state index contributed by atoms with van der Waals surface area (Å²) in [6.45, 7) is 0.616. The highest BCUT2D eigenvalue weighted by molar-refractivity contribution is 14.1. The van der Waals surface area contributed by atoms with Crippen molar-refractivity contribution in [1.29, 1.82) is 0 Å². The Balaban J connectivity index is 3.14. The molecule has 0 aromatic heterocycles. The number of terminal acetylenes is 1. The lowest BCUT2D eigenvalue weighted by atomic mass is 10.1. The predicted octanol–water partition coefficient (Wildman–Crippen LogP) is 3.29. The number of nitrogens with zero attached hydrogens (tertiary/aromatic N) is 1. The fourth-order valence-electron chi connectivity index (χ4n) is 1.10. The molecule has 80 valence electrons. The van der Waals surface area contributed by atoms with Gasteiger partial charge in [0.1, 0.15) is 0 Å². The maximum atomic E-state index is 10.4. The molecule has 0 fully saturated rings. The Morgan fingerprint density at radius 1 is 1.29 bits per heavy atom. The van der Waals surface area contributed by atoms with Crippen molar-refractivity contribution in [2.45, 2.75) is 38.5 Å². The van der Waals surface area contributed by atoms with E-state index in [-0.39, 0.29) is 0 Å². The van der Waals surface area contributed by atoms with E-state index in [2.05, 4.69) is 5.92 Å². The average molecular weight is 309 g/mol. The molecule has 3 nitrogen and oxygen atoms in total. The molecule has 1 N–H and O–H groups in total. The fraction of sp³-hybridized carbons (Fsp3) is 0.700. The second-order valence-electron chi connectivity index (χ2n) is 3.09. The number of amides is 1. The van der Waals surface area contributed by atoms with Crippen LogP contribution in [0.15, 0.2) is 0 Å². The van der Waals surface area contributed by atoms with Crippen LogP contribution in [0.5, 0.6) is 0 Å². The highest BCUT2D eigenvalue weighted by Crippen LogP contribution is 2.08. The number of unbranched alkanes of at least 4 members (excludes halogenated alkanes) is 5. The second kappa shape index (κ2) is 9.13. The number of carbonyl (C=O) groups is 1. The van der Waals surface area contributed by atoms with Gasteiger partial charge < -0.3 is 5.11 Å². The molecule has 0 aromatic carbocycles. The van der Waals surface area contributed by atoms with Crippen LogP contribution in [0.3, 0.4) is 0 Å². The Morgan fingerprint density at radius 3 is 2.43 bits per heavy atom. The zero-order valence-electron chi connectivity index (χ0n) is 8.21. The Morgan fingerprint density at radius 2 is 1.86 bits per heavy atom. The molecule has 0 heterocycles. The molecule has 0 spiro atoms. The van der Waals surface area contributed by atoms with Gasteiger partial charge in [0.2, 0.25) is 0 Å². The molecule has 0 aliphatic heterocycles. The van der Waals surface area contributed by atoms with Crippen LogP contribution in [0.4, 0.5) is 4.79 Å². The molecule has 0 radical (unpaired) electrons. The van der Waals surface area contributed by atoms with E-state index in [1.165, 1.54) is 3.11 Å². The quantitative estimate of drug-likeness (QED) is 0.339. The van der Waals surface area contributed by atoms with E-state index in [4.69, 9.17) is 11.5 Å². The summed E-state index contributed by atoms with van der Waals surface area (Å²) in [7, 11) is 0. The van der Waals surface area contributed by atoms with Crippen LogP contribution < -0.4 is 0 Å². The van der Waals surface area contributed by atoms with E-state index >= 15 is 0 Å². The molecule has 0 aliphatic rings. The summed E-state index contributed by atoms with van der Waals surface area (Å²) in [5.74, 6) is 2.60. The van der Waals surface area contributed by atoms with E-state index in [1.807, 2.05) is 22.9 Å². The minimum Gasteiger partial charge on any atom is -0.464 e. The van der Waals surface area contributed by atoms with Crippen molar-refractivity contribution < 1.29 is 9.90 Å². The molecule has 0 rings (SSSR count). The van der Waals surface area contributed by atoms with Gasteiger partial charge in [-0.1, -0.05) is 19.3 Å². The van der Waals surface area contributed by atoms with Crippen LogP contribution in [0, 0.1) is 12.3 Å². The van der Waals surface area contributed by atoms with Crippen molar-refractivity contribution in [1.82, 2.24) is 3.11 Å². The lowest BCUT2D eigenvalue weighted by Gasteiger charge is -2.09. The Labute approximate surface area is 99.4 Å². The summed E-state index contributed by atoms with van der Waals surface area (Å²) in [5, 5.41) is 8.55. The minimum absolute atomic E-state index is 0.616. The van der Waals surface area contributed by atoms with Gasteiger partial charge in [0, 0.05) is 13.0 Å². The van der Waals surface area contributed by atoms with Crippen LogP contribution in [0.25, 0.3) is 0 Å². The monoisotopic (exact) mass is 309 g/mol. The molecular weight excluding hydrogens is 293 g/mol. The maximum absolute atomic E-state index is 10.4. The summed E-state index contributed by atoms with van der Waals surface area (Å²) in [4.78, 5) is 10.4. The molecular formula is C10H16INO2. The van der Waals surface area contributed by atoms with E-state index in [1.54, 1.807) is 0 Å². The number of hydrogen-bond acceptors (Lipinski definition) is 1. The summed E-state index contributed by atoms with van der Waals surface area (Å²) >= 11 is 1.81. The molecule has 0 aromatic rings. The predicted molar refractivity (Wildman–Crippen MR) is 65.3 cm³/mol. The first-order valence-electron chi connectivity index (χ1n) is 4.78. The fourth-order valence-corrected chi connectivity index (χ4v) is 1.44. The van der Waals surface area contributed by atoms with Crippen LogP contribution in [-0.2, 0) is 0 Å². The lowest BCUT2D eigenvalue weighted by Crippen LogP contribution is -2.19. The first kappa shape index (κ1) is 13.6. The zero-order chi connectivity index (χ0) is 10.8. The summed E-state index contributed by atoms with van der Waals surface area (Å²) < 4.78 is 1.29. The van der Waals surface area contributed by atoms with Gasteiger partial charge in [0.25, 0.3) is 0 Å². The largest absolute Gasteiger partial charge is 0.464 e. The van der Waals surface area contributed by atoms with Crippen molar-refractivity contribution in [3.05, 3.63) is 0 Å². The molecule has 0 aliphatic carbocycles. The molecule has 0 saturated heterocycles. The maximum Gasteiger partial charge on any atom is 0.416 e. The van der Waals surface area contributed by atoms with Crippen LogP contribution in [0.2, 0.25) is 0 Å². The summed E-state index contributed by atoms with van der Waals surface area (Å²) in [5.41, 5.74) is 0. The average Bonchev–Trinajstić information content (AvgIpc) is 2.16. The minimum atomic E-state index is -0.863. The number of hydrogen-bond donors (Lipinski definition) is 1. The van der Waals surface area contributed by atoms with Gasteiger partial charge in [-0.05, 0) is 12.8 Å². The van der Waals surface area contributed by atoms with E-state index in [0.29, 0.717) is 6.54 Å². The highest BCUT2D eigenvalue weighted by Gasteiger charge is 2.05. The topological polar surface area (TPSA) is 40.5 Å². The lowest BCUT2D eigenvalue weighted by molar-refractivity contribution is 0.179. The van der Waals surface area contributed by atoms with Gasteiger partial charge in [0.05, 0.1) is 22.9 Å². The van der Waals surface area contributed by atoms with Crippen LogP contribution in [0.1, 0.15) is 38.5 Å². The van der Waals surface area contributed by atoms with Crippen molar-refractivity contribution >= 4 is 29.0 Å². The van der Waals surface area contributed by atoms with E-state index in [0.717, 1.165) is 38.5 Å². The van der Waals surface area contributed by atoms with Crippen LogP contribution in [-0.4, -0.2) is 20.9 Å². The molecule has 14 heavy (non-hydrogen) atoms. The van der Waals surface area contributed by atoms with Crippen LogP contribution >= 0.6 is 22.9 Å². The van der Waals surface area contributed by atoms with Gasteiger partial charge in [0.15, 0.2) is 0 Å². The molecule has 0 saturated carbocycles. The van der Waals surface area contributed by atoms with Crippen molar-refractivity contribution in [2.75, 3.05) is 6.54 Å². The molecule has 0 bridgehead atoms. The Hall–Kier alpha value is -0.440. The zero-order valence-corrected chi connectivity index (χ0v) is 10.4. The Kier molecular flexibility index (Phi) is 8.84. The molecule has 4 heteroatoms. The third-order valence-corrected chi connectivity index (χ3v) is 2.78. The summed E-state index contributed by atoms with van der Waals surface area (Å²) in [6, 6.07) is 0. The normalized spacial score (nSPS) is 9.43. The smallest absolute Gasteiger partial charge is 0.416 e. The van der Waals surface area contributed by atoms with Gasteiger partial charge in [-0.2, -0.15) is 0 Å². The molecule has 1 amide bonds. The van der Waals surface area contributed by atoms with Crippen molar-refractivity contribution in [3.63, 3.8) is 0 Å². The first-order valence-corrected chi connectivity index (χ1v) is 5.74. The summed E-state index contributed by atoms with van der Waals surface area (Å²) in [6.07, 6.45) is 10.5. The van der Waals surface area contributed by atoms with Gasteiger partial charge in [-0.15, -0.1) is 12.3 Å². The van der Waals surface area contributed by atoms with Gasteiger partial charge in [-0.3, -0.25) is 0 Å². The van der Waals surface area contributed by atoms with E-state index < -0.39 is 6.09 Å². The third-order valence-electron chi connectivity index (χ3n) is 1.88. The number of carboxylic acid groups (broad SMARTS) is 1. The third kappa shape index (κ3) is 8.17. The SMILES string of the molecule is C#CCCCCCCCN(I)C(=O)O. The standard InChI is InChI=1S/C10H16INO2/c1-2-3-4-5-6-7-8-9-12(11)10(13)14/h1H,3-9H2,(H,13,14). The van der Waals surface area contributed by atoms with Crippen molar-refractivity contribution in [3.8, 4) is 12.3 Å². The van der Waals surface area contributed by atoms with Gasteiger partial charge in [-0.25, -0.2) is 7.91 Å². The molecule has 0 atom stereocenters. The Bertz CT molecular complexity index is 201. The first-order chi connectivity index (χ1) is 6.68. The van der Waals surface area contributed by atoms with Crippen molar-refractivity contribution in [2.24, 2.45) is 0 Å². The number of rotatable bonds is 7.